The van der Waals surface area contributed by atoms with E-state index in [1.54, 1.807) is 4.90 Å². The molecule has 0 bridgehead atoms. The Morgan fingerprint density at radius 2 is 2.00 bits per heavy atom. The number of rotatable bonds is 6. The van der Waals surface area contributed by atoms with Gasteiger partial charge in [-0.1, -0.05) is 12.6 Å². The van der Waals surface area contributed by atoms with E-state index in [2.05, 4.69) is 22.5 Å². The zero-order valence-corrected chi connectivity index (χ0v) is 27.8. The van der Waals surface area contributed by atoms with Crippen LogP contribution in [-0.2, 0) is 4.79 Å². The topological polar surface area (TPSA) is 135 Å². The first-order chi connectivity index (χ1) is 23.5. The van der Waals surface area contributed by atoms with E-state index >= 15 is 4.39 Å². The summed E-state index contributed by atoms with van der Waals surface area (Å²) < 4.78 is 52.9. The normalized spacial score (nSPS) is 23.9. The number of carbonyl (C=O) groups is 1. The molecule has 5 heterocycles. The molecule has 0 radical (unpaired) electrons. The summed E-state index contributed by atoms with van der Waals surface area (Å²) in [7, 11) is 0. The third-order valence-electron chi connectivity index (χ3n) is 10.2. The van der Waals surface area contributed by atoms with Crippen molar-refractivity contribution < 1.29 is 22.7 Å². The van der Waals surface area contributed by atoms with Crippen molar-refractivity contribution in [3.63, 3.8) is 0 Å². The predicted molar refractivity (Wildman–Crippen MR) is 181 cm³/mol. The van der Waals surface area contributed by atoms with Gasteiger partial charge in [0.15, 0.2) is 5.82 Å². The van der Waals surface area contributed by atoms with E-state index in [9.17, 15) is 24.1 Å². The summed E-state index contributed by atoms with van der Waals surface area (Å²) in [5.74, 6) is -1.41. The maximum absolute atomic E-state index is 17.2. The molecule has 0 saturated carbocycles. The molecule has 3 saturated heterocycles. The van der Waals surface area contributed by atoms with Gasteiger partial charge in [0.1, 0.15) is 41.0 Å². The van der Waals surface area contributed by atoms with E-state index in [4.69, 9.17) is 15.5 Å². The molecular weight excluding hydrogens is 653 g/mol. The highest BCUT2D eigenvalue weighted by atomic mass is 32.1. The third-order valence-corrected chi connectivity index (χ3v) is 11.2. The van der Waals surface area contributed by atoms with Crippen LogP contribution in [-0.4, -0.2) is 82.3 Å². The van der Waals surface area contributed by atoms with E-state index in [-0.39, 0.29) is 78.9 Å². The van der Waals surface area contributed by atoms with Crippen molar-refractivity contribution in [1.82, 2.24) is 19.8 Å². The Balaban J connectivity index is 1.42. The van der Waals surface area contributed by atoms with Crippen molar-refractivity contribution in [2.24, 2.45) is 0 Å². The number of halogens is 3. The van der Waals surface area contributed by atoms with Gasteiger partial charge >= 0.3 is 6.01 Å². The second-order valence-corrected chi connectivity index (χ2v) is 14.2. The number of piperazine rings is 1. The minimum Gasteiger partial charge on any atom is -0.461 e. The van der Waals surface area contributed by atoms with Gasteiger partial charge in [-0.15, -0.1) is 11.3 Å². The Labute approximate surface area is 284 Å². The molecular formula is C35H33F3N8O2S. The number of aromatic nitrogens is 2. The number of hydrogen-bond donors (Lipinski definition) is 1. The van der Waals surface area contributed by atoms with Crippen LogP contribution in [0.25, 0.3) is 32.1 Å². The zero-order chi connectivity index (χ0) is 34.8. The number of ether oxygens (including phenoxy) is 1. The van der Waals surface area contributed by atoms with Crippen LogP contribution in [0.2, 0.25) is 0 Å². The highest BCUT2D eigenvalue weighted by molar-refractivity contribution is 7.23. The van der Waals surface area contributed by atoms with E-state index in [1.807, 2.05) is 24.8 Å². The summed E-state index contributed by atoms with van der Waals surface area (Å²) in [4.78, 5) is 27.6. The Morgan fingerprint density at radius 3 is 2.73 bits per heavy atom. The minimum atomic E-state index is -0.977. The fraction of sp³-hybridized carbons (Fsp3) is 0.400. The molecule has 252 valence electrons. The van der Waals surface area contributed by atoms with Gasteiger partial charge in [0.05, 0.1) is 27.4 Å². The van der Waals surface area contributed by atoms with Crippen molar-refractivity contribution in [3.8, 4) is 29.3 Å². The fourth-order valence-corrected chi connectivity index (χ4v) is 8.78. The molecule has 0 spiro atoms. The fourth-order valence-electron chi connectivity index (χ4n) is 7.83. The molecule has 3 aliphatic rings. The number of benzene rings is 2. The van der Waals surface area contributed by atoms with E-state index in [0.717, 1.165) is 36.8 Å². The lowest BCUT2D eigenvalue weighted by atomic mass is 9.93. The Kier molecular flexibility index (Phi) is 8.12. The largest absolute Gasteiger partial charge is 0.461 e. The molecule has 1 amide bonds. The van der Waals surface area contributed by atoms with Gasteiger partial charge in [-0.05, 0) is 57.0 Å². The summed E-state index contributed by atoms with van der Waals surface area (Å²) in [6, 6.07) is 7.39. The predicted octanol–water partition coefficient (Wildman–Crippen LogP) is 5.68. The molecule has 2 aromatic carbocycles. The maximum Gasteiger partial charge on any atom is 0.319 e. The lowest BCUT2D eigenvalue weighted by Crippen LogP contribution is -2.58. The SMILES string of the molecule is C=CC(=O)N1C[C@H](C)N(c2nc(OC[C@@]34CCCN3C[C@H](F)C4)nc3c(F)c(-c4ccc(F)c5sc(N)c(C#N)c45)c(C#N)cc23)C[C@H]1C. The summed E-state index contributed by atoms with van der Waals surface area (Å²) in [5.41, 5.74) is 5.27. The maximum atomic E-state index is 17.2. The molecule has 4 aromatic rings. The first kappa shape index (κ1) is 32.6. The van der Waals surface area contributed by atoms with Gasteiger partial charge in [-0.2, -0.15) is 20.5 Å². The Morgan fingerprint density at radius 1 is 1.20 bits per heavy atom. The lowest BCUT2D eigenvalue weighted by Gasteiger charge is -2.44. The minimum absolute atomic E-state index is 0.0110. The number of nitrogen functional groups attached to an aromatic ring is 1. The highest BCUT2D eigenvalue weighted by Gasteiger charge is 2.49. The van der Waals surface area contributed by atoms with Crippen molar-refractivity contribution in [1.29, 1.82) is 10.5 Å². The van der Waals surface area contributed by atoms with Gasteiger partial charge in [0.2, 0.25) is 5.91 Å². The first-order valence-electron chi connectivity index (χ1n) is 16.1. The lowest BCUT2D eigenvalue weighted by molar-refractivity contribution is -0.128. The van der Waals surface area contributed by atoms with Crippen molar-refractivity contribution in [2.75, 3.05) is 43.4 Å². The number of thiophene rings is 1. The number of nitriles is 2. The Hall–Kier alpha value is -4.92. The molecule has 2 aromatic heterocycles. The van der Waals surface area contributed by atoms with Gasteiger partial charge in [-0.3, -0.25) is 9.69 Å². The molecule has 3 aliphatic heterocycles. The number of hydrogen-bond acceptors (Lipinski definition) is 10. The molecule has 4 atom stereocenters. The highest BCUT2D eigenvalue weighted by Crippen LogP contribution is 2.45. The number of alkyl halides is 1. The summed E-state index contributed by atoms with van der Waals surface area (Å²) in [6.45, 7) is 9.28. The van der Waals surface area contributed by atoms with E-state index in [0.29, 0.717) is 31.9 Å². The molecule has 3 fully saturated rings. The van der Waals surface area contributed by atoms with Crippen LogP contribution in [0.5, 0.6) is 6.01 Å². The first-order valence-corrected chi connectivity index (χ1v) is 16.9. The number of anilines is 2. The monoisotopic (exact) mass is 686 g/mol. The van der Waals surface area contributed by atoms with Crippen LogP contribution in [0.4, 0.5) is 24.0 Å². The second-order valence-electron chi connectivity index (χ2n) is 13.1. The van der Waals surface area contributed by atoms with Gasteiger partial charge < -0.3 is 20.3 Å². The van der Waals surface area contributed by atoms with E-state index < -0.39 is 23.3 Å². The van der Waals surface area contributed by atoms with Gasteiger partial charge in [0, 0.05) is 54.5 Å². The molecule has 7 rings (SSSR count). The molecule has 14 heteroatoms. The standard InChI is InChI=1S/C35H33F3N8O2S/c1-4-26(47)45-14-19(3)46(15-18(45)2)33-23-10-20(12-39)27(22-6-7-25(37)31-28(22)24(13-40)32(41)49-31)29(38)30(23)42-34(43-33)48-17-35-8-5-9-44(35)16-21(36)11-35/h4,6-7,10,18-19,21H,1,5,8-9,11,14-17,41H2,2-3H3/t18-,19+,21-,35+/m1/s1. The van der Waals surface area contributed by atoms with Gasteiger partial charge in [0.25, 0.3) is 0 Å². The number of amides is 1. The summed E-state index contributed by atoms with van der Waals surface area (Å²) in [6.07, 6.45) is 2.26. The van der Waals surface area contributed by atoms with Crippen LogP contribution in [0.1, 0.15) is 44.2 Å². The molecule has 2 N–H and O–H groups in total. The smallest absolute Gasteiger partial charge is 0.319 e. The van der Waals surface area contributed by atoms with Crippen molar-refractivity contribution >= 4 is 49.1 Å². The molecule has 10 nitrogen and oxygen atoms in total. The van der Waals surface area contributed by atoms with Gasteiger partial charge in [-0.25, -0.2) is 13.2 Å². The average molecular weight is 687 g/mol. The third kappa shape index (κ3) is 5.21. The van der Waals surface area contributed by atoms with Crippen LogP contribution in [0.15, 0.2) is 30.9 Å². The summed E-state index contributed by atoms with van der Waals surface area (Å²) >= 11 is 0.873. The van der Waals surface area contributed by atoms with Crippen molar-refractivity contribution in [2.45, 2.75) is 56.9 Å². The molecule has 49 heavy (non-hydrogen) atoms. The number of carbonyl (C=O) groups excluding carboxylic acids is 1. The number of nitrogens with zero attached hydrogens (tertiary/aromatic N) is 7. The number of fused-ring (bicyclic) bond motifs is 3. The van der Waals surface area contributed by atoms with Crippen LogP contribution < -0.4 is 15.4 Å². The van der Waals surface area contributed by atoms with Crippen LogP contribution in [0.3, 0.4) is 0 Å². The second kappa shape index (κ2) is 12.2. The Bertz CT molecular complexity index is 2130. The van der Waals surface area contributed by atoms with Crippen molar-refractivity contribution in [3.05, 3.63) is 53.6 Å². The van der Waals surface area contributed by atoms with Crippen LogP contribution in [0, 0.1) is 34.3 Å². The van der Waals surface area contributed by atoms with Crippen LogP contribution >= 0.6 is 11.3 Å². The number of nitrogens with two attached hydrogens (primary N) is 1. The molecule has 0 aliphatic carbocycles. The van der Waals surface area contributed by atoms with E-state index in [1.165, 1.54) is 18.2 Å². The average Bonchev–Trinajstić information content (AvgIpc) is 3.73. The zero-order valence-electron chi connectivity index (χ0n) is 27.0. The molecule has 0 unspecified atom stereocenters. The summed E-state index contributed by atoms with van der Waals surface area (Å²) in [5, 5.41) is 20.7. The quantitative estimate of drug-likeness (QED) is 0.254.